The normalized spacial score (nSPS) is 18.8. The second kappa shape index (κ2) is 4.42. The molecule has 3 N–H and O–H groups in total. The van der Waals surface area contributed by atoms with Crippen molar-refractivity contribution in [3.63, 3.8) is 0 Å². The number of carbonyl (C=O) groups excluding carboxylic acids is 1. The van der Waals surface area contributed by atoms with Gasteiger partial charge in [-0.1, -0.05) is 0 Å². The molecule has 0 spiro atoms. The highest BCUT2D eigenvalue weighted by molar-refractivity contribution is 5.78. The molecule has 0 heterocycles. The van der Waals surface area contributed by atoms with Crippen molar-refractivity contribution in [2.45, 2.75) is 31.9 Å². The molecule has 1 rings (SSSR count). The average molecular weight is 172 g/mol. The fourth-order valence-corrected chi connectivity index (χ4v) is 0.901. The van der Waals surface area contributed by atoms with E-state index in [1.807, 2.05) is 0 Å². The third-order valence-electron chi connectivity index (χ3n) is 1.67. The van der Waals surface area contributed by atoms with E-state index in [2.05, 4.69) is 10.6 Å². The third-order valence-corrected chi connectivity index (χ3v) is 1.67. The lowest BCUT2D eigenvalue weighted by Gasteiger charge is -2.06. The van der Waals surface area contributed by atoms with Gasteiger partial charge in [0.2, 0.25) is 5.91 Å². The van der Waals surface area contributed by atoms with Gasteiger partial charge in [0.25, 0.3) is 0 Å². The van der Waals surface area contributed by atoms with Gasteiger partial charge in [-0.2, -0.15) is 0 Å². The molecule has 12 heavy (non-hydrogen) atoms. The summed E-state index contributed by atoms with van der Waals surface area (Å²) < 4.78 is 0. The Morgan fingerprint density at radius 3 is 2.83 bits per heavy atom. The lowest BCUT2D eigenvalue weighted by Crippen LogP contribution is -2.37. The summed E-state index contributed by atoms with van der Waals surface area (Å²) >= 11 is 0. The summed E-state index contributed by atoms with van der Waals surface area (Å²) in [5, 5.41) is 14.6. The van der Waals surface area contributed by atoms with E-state index < -0.39 is 6.10 Å². The first kappa shape index (κ1) is 9.48. The van der Waals surface area contributed by atoms with Gasteiger partial charge in [0.15, 0.2) is 0 Å². The number of aliphatic hydroxyl groups is 1. The maximum Gasteiger partial charge on any atom is 0.234 e. The number of carbonyl (C=O) groups is 1. The number of amides is 1. The second-order valence-corrected chi connectivity index (χ2v) is 3.32. The molecule has 1 fully saturated rings. The zero-order chi connectivity index (χ0) is 8.97. The van der Waals surface area contributed by atoms with Crippen molar-refractivity contribution in [3.05, 3.63) is 0 Å². The highest BCUT2D eigenvalue weighted by atomic mass is 16.3. The molecular weight excluding hydrogens is 156 g/mol. The van der Waals surface area contributed by atoms with E-state index in [9.17, 15) is 4.79 Å². The second-order valence-electron chi connectivity index (χ2n) is 3.32. The number of hydrogen-bond acceptors (Lipinski definition) is 3. The van der Waals surface area contributed by atoms with Crippen LogP contribution in [0.3, 0.4) is 0 Å². The zero-order valence-electron chi connectivity index (χ0n) is 7.34. The molecule has 70 valence electrons. The van der Waals surface area contributed by atoms with Crippen LogP contribution in [0.4, 0.5) is 0 Å². The van der Waals surface area contributed by atoms with Crippen LogP contribution in [0.5, 0.6) is 0 Å². The molecule has 1 aliphatic rings. The predicted octanol–water partition coefficient (Wildman–Crippen LogP) is -0.765. The molecule has 1 unspecified atom stereocenters. The molecule has 1 saturated carbocycles. The first-order valence-electron chi connectivity index (χ1n) is 4.36. The highest BCUT2D eigenvalue weighted by Crippen LogP contribution is 2.17. The van der Waals surface area contributed by atoms with E-state index in [0.29, 0.717) is 19.1 Å². The number of hydrogen-bond donors (Lipinski definition) is 3. The van der Waals surface area contributed by atoms with Crippen LogP contribution in [0.2, 0.25) is 0 Å². The summed E-state index contributed by atoms with van der Waals surface area (Å²) in [7, 11) is 0. The van der Waals surface area contributed by atoms with Gasteiger partial charge in [-0.25, -0.2) is 0 Å². The van der Waals surface area contributed by atoms with Crippen LogP contribution in [-0.2, 0) is 4.79 Å². The molecule has 0 bridgehead atoms. The smallest absolute Gasteiger partial charge is 0.234 e. The average Bonchev–Trinajstić information content (AvgIpc) is 2.70. The van der Waals surface area contributed by atoms with Crippen LogP contribution in [0.1, 0.15) is 19.8 Å². The van der Waals surface area contributed by atoms with Crippen LogP contribution >= 0.6 is 0 Å². The fourth-order valence-electron chi connectivity index (χ4n) is 0.901. The standard InChI is InChI=1S/C8H16N2O2/c1-6(11)4-9-5-8(12)10-7-2-3-7/h6-7,9,11H,2-5H2,1H3,(H,10,12). The quantitative estimate of drug-likeness (QED) is 0.510. The van der Waals surface area contributed by atoms with Gasteiger partial charge in [-0.15, -0.1) is 0 Å². The van der Waals surface area contributed by atoms with E-state index in [-0.39, 0.29) is 5.91 Å². The minimum atomic E-state index is -0.390. The zero-order valence-corrected chi connectivity index (χ0v) is 7.34. The van der Waals surface area contributed by atoms with E-state index in [1.165, 1.54) is 0 Å². The maximum atomic E-state index is 11.0. The molecule has 4 nitrogen and oxygen atoms in total. The van der Waals surface area contributed by atoms with Gasteiger partial charge in [-0.3, -0.25) is 4.79 Å². The Kier molecular flexibility index (Phi) is 3.49. The van der Waals surface area contributed by atoms with Gasteiger partial charge in [0.1, 0.15) is 0 Å². The molecule has 0 aromatic carbocycles. The van der Waals surface area contributed by atoms with Crippen molar-refractivity contribution in [2.24, 2.45) is 0 Å². The Labute approximate surface area is 72.3 Å². The van der Waals surface area contributed by atoms with Gasteiger partial charge >= 0.3 is 0 Å². The van der Waals surface area contributed by atoms with E-state index >= 15 is 0 Å². The molecule has 0 saturated heterocycles. The van der Waals surface area contributed by atoms with Crippen molar-refractivity contribution in [2.75, 3.05) is 13.1 Å². The molecular formula is C8H16N2O2. The Hall–Kier alpha value is -0.610. The fraction of sp³-hybridized carbons (Fsp3) is 0.875. The molecule has 1 atom stereocenters. The topological polar surface area (TPSA) is 61.4 Å². The summed E-state index contributed by atoms with van der Waals surface area (Å²) in [6.07, 6.45) is 1.84. The summed E-state index contributed by atoms with van der Waals surface area (Å²) in [5.41, 5.74) is 0. The van der Waals surface area contributed by atoms with E-state index in [1.54, 1.807) is 6.92 Å². The van der Waals surface area contributed by atoms with Crippen LogP contribution in [0, 0.1) is 0 Å². The first-order chi connectivity index (χ1) is 5.68. The molecule has 0 radical (unpaired) electrons. The molecule has 0 aromatic rings. The van der Waals surface area contributed by atoms with Crippen LogP contribution in [-0.4, -0.2) is 36.2 Å². The van der Waals surface area contributed by atoms with Gasteiger partial charge in [-0.05, 0) is 19.8 Å². The van der Waals surface area contributed by atoms with Gasteiger partial charge in [0.05, 0.1) is 12.6 Å². The van der Waals surface area contributed by atoms with Crippen LogP contribution < -0.4 is 10.6 Å². The lowest BCUT2D eigenvalue weighted by atomic mass is 10.4. The van der Waals surface area contributed by atoms with Gasteiger partial charge < -0.3 is 15.7 Å². The summed E-state index contributed by atoms with van der Waals surface area (Å²) in [6.45, 7) is 2.46. The highest BCUT2D eigenvalue weighted by Gasteiger charge is 2.22. The molecule has 4 heteroatoms. The van der Waals surface area contributed by atoms with E-state index in [4.69, 9.17) is 5.11 Å². The Morgan fingerprint density at radius 2 is 2.33 bits per heavy atom. The van der Waals surface area contributed by atoms with Crippen molar-refractivity contribution in [1.82, 2.24) is 10.6 Å². The Morgan fingerprint density at radius 1 is 1.67 bits per heavy atom. The van der Waals surface area contributed by atoms with Crippen molar-refractivity contribution in [1.29, 1.82) is 0 Å². The maximum absolute atomic E-state index is 11.0. The molecule has 0 aliphatic heterocycles. The largest absolute Gasteiger partial charge is 0.392 e. The van der Waals surface area contributed by atoms with Crippen molar-refractivity contribution < 1.29 is 9.90 Å². The Bertz CT molecular complexity index is 155. The Balaban J connectivity index is 1.94. The van der Waals surface area contributed by atoms with Gasteiger partial charge in [0, 0.05) is 12.6 Å². The summed E-state index contributed by atoms with van der Waals surface area (Å²) in [6, 6.07) is 0.422. The monoisotopic (exact) mass is 172 g/mol. The summed E-state index contributed by atoms with van der Waals surface area (Å²) in [4.78, 5) is 11.0. The van der Waals surface area contributed by atoms with Crippen LogP contribution in [0.15, 0.2) is 0 Å². The molecule has 0 aromatic heterocycles. The first-order valence-corrected chi connectivity index (χ1v) is 4.36. The molecule has 1 aliphatic carbocycles. The minimum absolute atomic E-state index is 0.0261. The molecule has 1 amide bonds. The van der Waals surface area contributed by atoms with Crippen LogP contribution in [0.25, 0.3) is 0 Å². The number of aliphatic hydroxyl groups excluding tert-OH is 1. The van der Waals surface area contributed by atoms with Crippen molar-refractivity contribution in [3.8, 4) is 0 Å². The summed E-state index contributed by atoms with van der Waals surface area (Å²) in [5.74, 6) is 0.0261. The van der Waals surface area contributed by atoms with E-state index in [0.717, 1.165) is 12.8 Å². The number of rotatable bonds is 5. The SMILES string of the molecule is CC(O)CNCC(=O)NC1CC1. The minimum Gasteiger partial charge on any atom is -0.392 e. The number of nitrogens with one attached hydrogen (secondary N) is 2. The third kappa shape index (κ3) is 4.31. The van der Waals surface area contributed by atoms with Crippen molar-refractivity contribution >= 4 is 5.91 Å². The lowest BCUT2D eigenvalue weighted by molar-refractivity contribution is -0.120. The predicted molar refractivity (Wildman–Crippen MR) is 45.7 cm³/mol.